The Balaban J connectivity index is 3.28. The van der Waals surface area contributed by atoms with E-state index in [0.29, 0.717) is 4.31 Å². The van der Waals surface area contributed by atoms with Gasteiger partial charge in [0.2, 0.25) is 21.8 Å². The van der Waals surface area contributed by atoms with Gasteiger partial charge in [-0.15, -0.1) is 0 Å². The second kappa shape index (κ2) is 6.07. The molecular formula is C10H13ClN4O4S. The van der Waals surface area contributed by atoms with Crippen LogP contribution in [0.4, 0.5) is 5.69 Å². The van der Waals surface area contributed by atoms with Gasteiger partial charge in [0, 0.05) is 5.02 Å². The maximum atomic E-state index is 12.3. The standard InChI is InChI=1S/C10H13ClN4O4S/c11-6-1-2-8(7(12)3-6)20(18,19)15(4-9(13)16)5-10(14)17/h1-3H,4-5,12H2,(H2,13,16)(H2,14,17). The molecule has 0 aliphatic rings. The first kappa shape index (κ1) is 16.2. The number of anilines is 1. The van der Waals surface area contributed by atoms with Gasteiger partial charge in [-0.25, -0.2) is 8.42 Å². The Kier molecular flexibility index (Phi) is 4.93. The lowest BCUT2D eigenvalue weighted by Gasteiger charge is -2.20. The zero-order chi connectivity index (χ0) is 15.5. The Morgan fingerprint density at radius 2 is 1.65 bits per heavy atom. The predicted molar refractivity (Wildman–Crippen MR) is 73.0 cm³/mol. The fraction of sp³-hybridized carbons (Fsp3) is 0.200. The van der Waals surface area contributed by atoms with Crippen molar-refractivity contribution in [3.63, 3.8) is 0 Å². The van der Waals surface area contributed by atoms with Crippen molar-refractivity contribution in [2.45, 2.75) is 4.90 Å². The first-order valence-corrected chi connectivity index (χ1v) is 7.08. The summed E-state index contributed by atoms with van der Waals surface area (Å²) >= 11 is 5.68. The SMILES string of the molecule is NC(=O)CN(CC(N)=O)S(=O)(=O)c1ccc(Cl)cc1N. The Bertz CT molecular complexity index is 631. The lowest BCUT2D eigenvalue weighted by atomic mass is 10.3. The van der Waals surface area contributed by atoms with Crippen LogP contribution in [0.5, 0.6) is 0 Å². The van der Waals surface area contributed by atoms with Crippen LogP contribution in [0.25, 0.3) is 0 Å². The molecule has 0 fully saturated rings. The summed E-state index contributed by atoms with van der Waals surface area (Å²) in [4.78, 5) is 21.6. The summed E-state index contributed by atoms with van der Waals surface area (Å²) in [5.74, 6) is -1.86. The van der Waals surface area contributed by atoms with E-state index < -0.39 is 34.9 Å². The van der Waals surface area contributed by atoms with Crippen molar-refractivity contribution >= 4 is 39.1 Å². The monoisotopic (exact) mass is 320 g/mol. The average Bonchev–Trinajstić information content (AvgIpc) is 2.26. The topological polar surface area (TPSA) is 150 Å². The molecule has 8 nitrogen and oxygen atoms in total. The Hall–Kier alpha value is -1.84. The van der Waals surface area contributed by atoms with Crippen LogP contribution >= 0.6 is 11.6 Å². The Labute approximate surface area is 120 Å². The van der Waals surface area contributed by atoms with Gasteiger partial charge in [0.25, 0.3) is 0 Å². The van der Waals surface area contributed by atoms with E-state index in [4.69, 9.17) is 28.8 Å². The number of halogens is 1. The van der Waals surface area contributed by atoms with Crippen LogP contribution in [0.1, 0.15) is 0 Å². The van der Waals surface area contributed by atoms with Crippen LogP contribution < -0.4 is 17.2 Å². The lowest BCUT2D eigenvalue weighted by Crippen LogP contribution is -2.43. The van der Waals surface area contributed by atoms with E-state index in [1.54, 1.807) is 0 Å². The molecule has 0 bridgehead atoms. The third kappa shape index (κ3) is 3.83. The van der Waals surface area contributed by atoms with Crippen LogP contribution in [-0.2, 0) is 19.6 Å². The van der Waals surface area contributed by atoms with E-state index in [1.165, 1.54) is 18.2 Å². The van der Waals surface area contributed by atoms with E-state index in [-0.39, 0.29) is 15.6 Å². The summed E-state index contributed by atoms with van der Waals surface area (Å²) < 4.78 is 25.2. The third-order valence-corrected chi connectivity index (χ3v) is 4.35. The minimum absolute atomic E-state index is 0.114. The van der Waals surface area contributed by atoms with E-state index in [2.05, 4.69) is 0 Å². The first-order valence-electron chi connectivity index (χ1n) is 5.26. The highest BCUT2D eigenvalue weighted by Gasteiger charge is 2.29. The fourth-order valence-electron chi connectivity index (χ4n) is 1.47. The van der Waals surface area contributed by atoms with Gasteiger partial charge in [-0.05, 0) is 18.2 Å². The van der Waals surface area contributed by atoms with E-state index in [9.17, 15) is 18.0 Å². The predicted octanol–water partition coefficient (Wildman–Crippen LogP) is -1.12. The molecule has 0 aromatic heterocycles. The Morgan fingerprint density at radius 1 is 1.15 bits per heavy atom. The molecule has 6 N–H and O–H groups in total. The lowest BCUT2D eigenvalue weighted by molar-refractivity contribution is -0.120. The summed E-state index contributed by atoms with van der Waals surface area (Å²) in [6, 6.07) is 3.72. The number of carbonyl (C=O) groups is 2. The maximum absolute atomic E-state index is 12.3. The Morgan fingerprint density at radius 3 is 2.05 bits per heavy atom. The second-order valence-corrected chi connectivity index (χ2v) is 6.23. The van der Waals surface area contributed by atoms with Gasteiger partial charge in [-0.3, -0.25) is 9.59 Å². The summed E-state index contributed by atoms with van der Waals surface area (Å²) in [6.45, 7) is -1.37. The van der Waals surface area contributed by atoms with Crippen molar-refractivity contribution in [1.29, 1.82) is 0 Å². The molecule has 0 saturated heterocycles. The number of nitrogens with zero attached hydrogens (tertiary/aromatic N) is 1. The molecule has 1 aromatic carbocycles. The van der Waals surface area contributed by atoms with Crippen molar-refractivity contribution in [3.05, 3.63) is 23.2 Å². The number of benzene rings is 1. The van der Waals surface area contributed by atoms with Crippen molar-refractivity contribution in [3.8, 4) is 0 Å². The van der Waals surface area contributed by atoms with Crippen molar-refractivity contribution in [2.75, 3.05) is 18.8 Å². The van der Waals surface area contributed by atoms with Gasteiger partial charge in [0.05, 0.1) is 18.8 Å². The van der Waals surface area contributed by atoms with Crippen molar-refractivity contribution < 1.29 is 18.0 Å². The molecule has 1 rings (SSSR count). The number of nitrogen functional groups attached to an aromatic ring is 1. The smallest absolute Gasteiger partial charge is 0.246 e. The first-order chi connectivity index (χ1) is 9.14. The molecular weight excluding hydrogens is 308 g/mol. The second-order valence-electron chi connectivity index (χ2n) is 3.89. The zero-order valence-electron chi connectivity index (χ0n) is 10.2. The minimum Gasteiger partial charge on any atom is -0.398 e. The molecule has 110 valence electrons. The number of rotatable bonds is 6. The molecule has 0 aliphatic carbocycles. The molecule has 0 saturated carbocycles. The van der Waals surface area contributed by atoms with Crippen LogP contribution in [0, 0.1) is 0 Å². The number of amides is 2. The molecule has 20 heavy (non-hydrogen) atoms. The number of hydrogen-bond donors (Lipinski definition) is 3. The van der Waals surface area contributed by atoms with Crippen LogP contribution in [0.2, 0.25) is 5.02 Å². The van der Waals surface area contributed by atoms with Crippen LogP contribution in [0.3, 0.4) is 0 Å². The summed E-state index contributed by atoms with van der Waals surface area (Å²) in [5.41, 5.74) is 15.4. The summed E-state index contributed by atoms with van der Waals surface area (Å²) in [7, 11) is -4.19. The van der Waals surface area contributed by atoms with E-state index in [1.807, 2.05) is 0 Å². The van der Waals surface area contributed by atoms with Gasteiger partial charge in [0.1, 0.15) is 4.90 Å². The number of hydrogen-bond acceptors (Lipinski definition) is 5. The van der Waals surface area contributed by atoms with E-state index in [0.717, 1.165) is 0 Å². The molecule has 0 radical (unpaired) electrons. The highest BCUT2D eigenvalue weighted by Crippen LogP contribution is 2.25. The number of sulfonamides is 1. The van der Waals surface area contributed by atoms with Gasteiger partial charge in [-0.1, -0.05) is 11.6 Å². The molecule has 0 unspecified atom stereocenters. The quantitative estimate of drug-likeness (QED) is 0.567. The highest BCUT2D eigenvalue weighted by molar-refractivity contribution is 7.89. The van der Waals surface area contributed by atoms with Crippen molar-refractivity contribution in [1.82, 2.24) is 4.31 Å². The molecule has 0 heterocycles. The molecule has 1 aromatic rings. The maximum Gasteiger partial charge on any atom is 0.246 e. The number of primary amides is 2. The van der Waals surface area contributed by atoms with Gasteiger partial charge in [-0.2, -0.15) is 4.31 Å². The molecule has 0 spiro atoms. The largest absolute Gasteiger partial charge is 0.398 e. The highest BCUT2D eigenvalue weighted by atomic mass is 35.5. The van der Waals surface area contributed by atoms with Crippen molar-refractivity contribution in [2.24, 2.45) is 11.5 Å². The number of carbonyl (C=O) groups excluding carboxylic acids is 2. The summed E-state index contributed by atoms with van der Waals surface area (Å²) in [6.07, 6.45) is 0. The normalized spacial score (nSPS) is 11.5. The molecule has 10 heteroatoms. The molecule has 0 aliphatic heterocycles. The van der Waals surface area contributed by atoms with Gasteiger partial charge < -0.3 is 17.2 Å². The fourth-order valence-corrected chi connectivity index (χ4v) is 3.12. The van der Waals surface area contributed by atoms with E-state index >= 15 is 0 Å². The zero-order valence-corrected chi connectivity index (χ0v) is 11.8. The minimum atomic E-state index is -4.19. The number of nitrogens with two attached hydrogens (primary N) is 3. The molecule has 2 amide bonds. The van der Waals surface area contributed by atoms with Gasteiger partial charge >= 0.3 is 0 Å². The summed E-state index contributed by atoms with van der Waals surface area (Å²) in [5, 5.41) is 0.248. The van der Waals surface area contributed by atoms with Crippen LogP contribution in [0.15, 0.2) is 23.1 Å². The average molecular weight is 321 g/mol. The third-order valence-electron chi connectivity index (χ3n) is 2.25. The van der Waals surface area contributed by atoms with Crippen LogP contribution in [-0.4, -0.2) is 37.6 Å². The molecule has 0 atom stereocenters. The van der Waals surface area contributed by atoms with Gasteiger partial charge in [0.15, 0.2) is 0 Å².